The van der Waals surface area contributed by atoms with Gasteiger partial charge in [0.2, 0.25) is 5.95 Å². The molecule has 27 heavy (non-hydrogen) atoms. The maximum atomic E-state index is 6.10. The van der Waals surface area contributed by atoms with E-state index in [0.717, 1.165) is 22.4 Å². The number of rotatable bonds is 5. The maximum Gasteiger partial charge on any atom is 0.229 e. The van der Waals surface area contributed by atoms with Crippen LogP contribution < -0.4 is 10.6 Å². The maximum absolute atomic E-state index is 6.10. The summed E-state index contributed by atoms with van der Waals surface area (Å²) in [6, 6.07) is 23.4. The zero-order valence-electron chi connectivity index (χ0n) is 14.3. The largest absolute Gasteiger partial charge is 0.365 e. The van der Waals surface area contributed by atoms with Crippen LogP contribution >= 0.6 is 23.2 Å². The number of benzene rings is 3. The average molecular weight is 395 g/mol. The molecule has 0 aliphatic rings. The highest BCUT2D eigenvalue weighted by molar-refractivity contribution is 6.42. The minimum atomic E-state index is 0.477. The Morgan fingerprint density at radius 1 is 0.778 bits per heavy atom. The van der Waals surface area contributed by atoms with Crippen molar-refractivity contribution >= 4 is 51.6 Å². The molecule has 0 radical (unpaired) electrons. The lowest BCUT2D eigenvalue weighted by Gasteiger charge is -2.12. The molecule has 3 aromatic carbocycles. The fourth-order valence-electron chi connectivity index (χ4n) is 2.75. The first-order valence-electron chi connectivity index (χ1n) is 8.46. The number of anilines is 3. The van der Waals surface area contributed by atoms with Crippen LogP contribution in [0.25, 0.3) is 10.9 Å². The van der Waals surface area contributed by atoms with Gasteiger partial charge in [0, 0.05) is 17.6 Å². The summed E-state index contributed by atoms with van der Waals surface area (Å²) in [5.74, 6) is 1.26. The van der Waals surface area contributed by atoms with Crippen LogP contribution in [0, 0.1) is 0 Å². The van der Waals surface area contributed by atoms with Gasteiger partial charge in [-0.15, -0.1) is 0 Å². The molecular weight excluding hydrogens is 379 g/mol. The fraction of sp³-hybridized carbons (Fsp3) is 0.0476. The molecule has 1 heterocycles. The summed E-state index contributed by atoms with van der Waals surface area (Å²) in [5, 5.41) is 8.56. The minimum absolute atomic E-state index is 0.477. The van der Waals surface area contributed by atoms with Gasteiger partial charge >= 0.3 is 0 Å². The van der Waals surface area contributed by atoms with E-state index in [0.29, 0.717) is 22.5 Å². The predicted octanol–water partition coefficient (Wildman–Crippen LogP) is 6.29. The number of halogens is 2. The monoisotopic (exact) mass is 394 g/mol. The van der Waals surface area contributed by atoms with Crippen molar-refractivity contribution in [1.82, 2.24) is 9.97 Å². The number of nitrogens with zero attached hydrogens (tertiary/aromatic N) is 2. The summed E-state index contributed by atoms with van der Waals surface area (Å²) in [6.07, 6.45) is 0. The Bertz CT molecular complexity index is 1080. The molecule has 0 saturated carbocycles. The van der Waals surface area contributed by atoms with Crippen molar-refractivity contribution in [3.63, 3.8) is 0 Å². The summed E-state index contributed by atoms with van der Waals surface area (Å²) in [6.45, 7) is 0.675. The van der Waals surface area contributed by atoms with Gasteiger partial charge in [0.05, 0.1) is 15.6 Å². The van der Waals surface area contributed by atoms with Crippen LogP contribution in [0.3, 0.4) is 0 Å². The van der Waals surface area contributed by atoms with Gasteiger partial charge in [-0.05, 0) is 35.9 Å². The third-order valence-corrected chi connectivity index (χ3v) is 4.82. The quantitative estimate of drug-likeness (QED) is 0.417. The molecule has 0 fully saturated rings. The second kappa shape index (κ2) is 7.82. The molecule has 0 aliphatic carbocycles. The van der Waals surface area contributed by atoms with E-state index >= 15 is 0 Å². The van der Waals surface area contributed by atoms with E-state index in [1.807, 2.05) is 48.5 Å². The Morgan fingerprint density at radius 3 is 2.37 bits per heavy atom. The lowest BCUT2D eigenvalue weighted by Crippen LogP contribution is -2.05. The number of para-hydroxylation sites is 1. The van der Waals surface area contributed by atoms with E-state index in [2.05, 4.69) is 32.7 Å². The lowest BCUT2D eigenvalue weighted by molar-refractivity contribution is 1.10. The van der Waals surface area contributed by atoms with Crippen molar-refractivity contribution in [2.75, 3.05) is 10.6 Å². The fourth-order valence-corrected chi connectivity index (χ4v) is 3.05. The first-order chi connectivity index (χ1) is 13.2. The van der Waals surface area contributed by atoms with Crippen LogP contribution in [-0.2, 0) is 6.54 Å². The van der Waals surface area contributed by atoms with Crippen LogP contribution in [0.1, 0.15) is 5.56 Å². The summed E-state index contributed by atoms with van der Waals surface area (Å²) in [4.78, 5) is 9.25. The van der Waals surface area contributed by atoms with Crippen molar-refractivity contribution < 1.29 is 0 Å². The molecular formula is C21H16Cl2N4. The van der Waals surface area contributed by atoms with E-state index in [9.17, 15) is 0 Å². The molecule has 4 nitrogen and oxygen atoms in total. The van der Waals surface area contributed by atoms with E-state index in [1.54, 1.807) is 12.1 Å². The minimum Gasteiger partial charge on any atom is -0.365 e. The summed E-state index contributed by atoms with van der Waals surface area (Å²) < 4.78 is 0. The van der Waals surface area contributed by atoms with Gasteiger partial charge in [-0.1, -0.05) is 65.7 Å². The zero-order valence-corrected chi connectivity index (χ0v) is 15.8. The number of hydrogen-bond donors (Lipinski definition) is 2. The zero-order chi connectivity index (χ0) is 18.6. The van der Waals surface area contributed by atoms with E-state index in [-0.39, 0.29) is 0 Å². The molecule has 4 rings (SSSR count). The highest BCUT2D eigenvalue weighted by atomic mass is 35.5. The molecule has 2 N–H and O–H groups in total. The molecule has 0 aliphatic heterocycles. The molecule has 0 atom stereocenters. The Hall–Kier alpha value is -2.82. The second-order valence-electron chi connectivity index (χ2n) is 6.01. The highest BCUT2D eigenvalue weighted by Gasteiger charge is 2.08. The van der Waals surface area contributed by atoms with Gasteiger partial charge in [0.1, 0.15) is 5.82 Å². The van der Waals surface area contributed by atoms with Crippen molar-refractivity contribution in [3.8, 4) is 0 Å². The van der Waals surface area contributed by atoms with E-state index < -0.39 is 0 Å². The molecule has 6 heteroatoms. The van der Waals surface area contributed by atoms with E-state index in [1.165, 1.54) is 5.56 Å². The number of fused-ring (bicyclic) bond motifs is 1. The van der Waals surface area contributed by atoms with Crippen LogP contribution in [0.15, 0.2) is 72.8 Å². The molecule has 0 saturated heterocycles. The number of nitrogens with one attached hydrogen (secondary N) is 2. The Labute approximate surface area is 167 Å². The van der Waals surface area contributed by atoms with Gasteiger partial charge in [-0.25, -0.2) is 4.98 Å². The normalized spacial score (nSPS) is 10.7. The summed E-state index contributed by atoms with van der Waals surface area (Å²) in [5.41, 5.74) is 2.80. The Kier molecular flexibility index (Phi) is 5.10. The second-order valence-corrected chi connectivity index (χ2v) is 6.82. The smallest absolute Gasteiger partial charge is 0.229 e. The Balaban J connectivity index is 1.66. The molecule has 0 unspecified atom stereocenters. The van der Waals surface area contributed by atoms with Crippen LogP contribution in [-0.4, -0.2) is 9.97 Å². The van der Waals surface area contributed by atoms with Crippen molar-refractivity contribution in [2.45, 2.75) is 6.54 Å². The third-order valence-electron chi connectivity index (χ3n) is 4.08. The van der Waals surface area contributed by atoms with Gasteiger partial charge in [0.15, 0.2) is 0 Å². The van der Waals surface area contributed by atoms with Gasteiger partial charge in [0.25, 0.3) is 0 Å². The molecule has 0 amide bonds. The van der Waals surface area contributed by atoms with Gasteiger partial charge in [-0.2, -0.15) is 4.98 Å². The van der Waals surface area contributed by atoms with Gasteiger partial charge < -0.3 is 10.6 Å². The van der Waals surface area contributed by atoms with Crippen molar-refractivity contribution in [1.29, 1.82) is 0 Å². The molecule has 0 spiro atoms. The summed E-state index contributed by atoms with van der Waals surface area (Å²) in [7, 11) is 0. The van der Waals surface area contributed by atoms with Gasteiger partial charge in [-0.3, -0.25) is 0 Å². The Morgan fingerprint density at radius 2 is 1.56 bits per heavy atom. The molecule has 1 aromatic heterocycles. The topological polar surface area (TPSA) is 49.8 Å². The lowest BCUT2D eigenvalue weighted by atomic mass is 10.2. The predicted molar refractivity (Wildman–Crippen MR) is 113 cm³/mol. The molecule has 4 aromatic rings. The van der Waals surface area contributed by atoms with Crippen LogP contribution in [0.5, 0.6) is 0 Å². The highest BCUT2D eigenvalue weighted by Crippen LogP contribution is 2.28. The van der Waals surface area contributed by atoms with Crippen molar-refractivity contribution in [2.24, 2.45) is 0 Å². The first-order valence-corrected chi connectivity index (χ1v) is 9.21. The number of hydrogen-bond acceptors (Lipinski definition) is 4. The third kappa shape index (κ3) is 4.13. The van der Waals surface area contributed by atoms with E-state index in [4.69, 9.17) is 23.2 Å². The molecule has 134 valence electrons. The van der Waals surface area contributed by atoms with Crippen LogP contribution in [0.2, 0.25) is 10.0 Å². The first kappa shape index (κ1) is 17.6. The van der Waals surface area contributed by atoms with Crippen molar-refractivity contribution in [3.05, 3.63) is 88.4 Å². The average Bonchev–Trinajstić information content (AvgIpc) is 2.70. The SMILES string of the molecule is Clc1ccc(Nc2nc(NCc3ccccc3)c3ccccc3n2)cc1Cl. The number of aromatic nitrogens is 2. The molecule has 0 bridgehead atoms. The summed E-state index contributed by atoms with van der Waals surface area (Å²) >= 11 is 12.1. The van der Waals surface area contributed by atoms with Crippen LogP contribution in [0.4, 0.5) is 17.5 Å². The standard InChI is InChI=1S/C21H16Cl2N4/c22-17-11-10-15(12-18(17)23)25-21-26-19-9-5-4-8-16(19)20(27-21)24-13-14-6-2-1-3-7-14/h1-12H,13H2,(H2,24,25,26,27).